The van der Waals surface area contributed by atoms with Crippen molar-refractivity contribution in [3.8, 4) is 11.5 Å². The Hall–Kier alpha value is -1.71. The molecule has 0 fully saturated rings. The van der Waals surface area contributed by atoms with E-state index >= 15 is 0 Å². The number of amides is 1. The van der Waals surface area contributed by atoms with Gasteiger partial charge < -0.3 is 14.4 Å². The summed E-state index contributed by atoms with van der Waals surface area (Å²) >= 11 is 0. The normalized spacial score (nSPS) is 18.3. The Kier molecular flexibility index (Phi) is 6.82. The second-order valence-electron chi connectivity index (χ2n) is 9.51. The molecule has 4 nitrogen and oxygen atoms in total. The second-order valence-corrected chi connectivity index (χ2v) is 9.51. The summed E-state index contributed by atoms with van der Waals surface area (Å²) in [6.07, 6.45) is 2.53. The highest BCUT2D eigenvalue weighted by Crippen LogP contribution is 2.41. The first-order chi connectivity index (χ1) is 12.6. The Morgan fingerprint density at radius 2 is 1.74 bits per heavy atom. The van der Waals surface area contributed by atoms with Gasteiger partial charge in [0.15, 0.2) is 11.5 Å². The molecule has 1 amide bonds. The summed E-state index contributed by atoms with van der Waals surface area (Å²) in [5, 5.41) is 0. The van der Waals surface area contributed by atoms with Crippen LogP contribution in [0.15, 0.2) is 12.1 Å². The number of carbonyl (C=O) groups is 1. The van der Waals surface area contributed by atoms with Gasteiger partial charge in [0, 0.05) is 13.0 Å². The zero-order chi connectivity index (χ0) is 20.4. The van der Waals surface area contributed by atoms with E-state index in [0.29, 0.717) is 18.3 Å². The molecule has 0 saturated carbocycles. The van der Waals surface area contributed by atoms with Gasteiger partial charge in [-0.2, -0.15) is 0 Å². The van der Waals surface area contributed by atoms with Crippen molar-refractivity contribution < 1.29 is 14.3 Å². The molecule has 0 N–H and O–H groups in total. The van der Waals surface area contributed by atoms with Crippen LogP contribution in [0, 0.1) is 17.3 Å². The minimum absolute atomic E-state index is 0.0860. The highest BCUT2D eigenvalue weighted by Gasteiger charge is 2.34. The monoisotopic (exact) mass is 375 g/mol. The first kappa shape index (κ1) is 21.6. The van der Waals surface area contributed by atoms with E-state index in [4.69, 9.17) is 9.47 Å². The quantitative estimate of drug-likeness (QED) is 0.682. The smallest absolute Gasteiger partial charge is 0.223 e. The fraction of sp³-hybridized carbons (Fsp3) is 0.696. The van der Waals surface area contributed by atoms with E-state index in [0.717, 1.165) is 30.9 Å². The first-order valence-electron chi connectivity index (χ1n) is 10.1. The van der Waals surface area contributed by atoms with E-state index < -0.39 is 0 Å². The molecule has 0 aromatic heterocycles. The molecule has 1 aliphatic heterocycles. The number of nitrogens with zero attached hydrogens (tertiary/aromatic N) is 1. The third-order valence-electron chi connectivity index (χ3n) is 5.36. The molecule has 0 radical (unpaired) electrons. The lowest BCUT2D eigenvalue weighted by atomic mass is 9.82. The first-order valence-corrected chi connectivity index (χ1v) is 10.1. The lowest BCUT2D eigenvalue weighted by Crippen LogP contribution is -2.42. The molecule has 4 heteroatoms. The lowest BCUT2D eigenvalue weighted by Gasteiger charge is -2.41. The molecule has 1 aromatic rings. The van der Waals surface area contributed by atoms with Crippen molar-refractivity contribution in [2.45, 2.75) is 66.8 Å². The van der Waals surface area contributed by atoms with Crippen molar-refractivity contribution in [2.24, 2.45) is 17.3 Å². The Labute approximate surface area is 165 Å². The number of methoxy groups -OCH3 is 2. The predicted molar refractivity (Wildman–Crippen MR) is 110 cm³/mol. The number of hydrogen-bond acceptors (Lipinski definition) is 3. The zero-order valence-corrected chi connectivity index (χ0v) is 18.4. The Bertz CT molecular complexity index is 660. The van der Waals surface area contributed by atoms with Crippen LogP contribution in [0.1, 0.15) is 71.6 Å². The van der Waals surface area contributed by atoms with Gasteiger partial charge in [-0.1, -0.05) is 41.5 Å². The SMILES string of the molecule is COc1cc2c(cc1OC)[C@@H](C(C)C)N(C(=O)C[C@H](C)CC(C)(C)C)CC2. The molecule has 0 aliphatic carbocycles. The van der Waals surface area contributed by atoms with Crippen molar-refractivity contribution in [1.82, 2.24) is 4.90 Å². The van der Waals surface area contributed by atoms with Crippen LogP contribution in [-0.4, -0.2) is 31.6 Å². The van der Waals surface area contributed by atoms with Gasteiger partial charge in [-0.05, 0) is 53.4 Å². The third-order valence-corrected chi connectivity index (χ3v) is 5.36. The lowest BCUT2D eigenvalue weighted by molar-refractivity contribution is -0.136. The van der Waals surface area contributed by atoms with Gasteiger partial charge in [-0.15, -0.1) is 0 Å². The van der Waals surface area contributed by atoms with Gasteiger partial charge in [0.2, 0.25) is 5.91 Å². The molecule has 152 valence electrons. The third kappa shape index (κ3) is 5.18. The zero-order valence-electron chi connectivity index (χ0n) is 18.4. The van der Waals surface area contributed by atoms with Crippen LogP contribution < -0.4 is 9.47 Å². The van der Waals surface area contributed by atoms with Crippen molar-refractivity contribution in [3.05, 3.63) is 23.3 Å². The topological polar surface area (TPSA) is 38.8 Å². The standard InChI is InChI=1S/C23H37NO3/c1-15(2)22-18-13-20(27-8)19(26-7)12-17(18)9-10-24(22)21(25)11-16(3)14-23(4,5)6/h12-13,15-16,22H,9-11,14H2,1-8H3/t16-,22+/m0/s1. The van der Waals surface area contributed by atoms with E-state index in [2.05, 4.69) is 58.6 Å². The minimum Gasteiger partial charge on any atom is -0.493 e. The maximum absolute atomic E-state index is 13.2. The molecule has 0 saturated heterocycles. The average Bonchev–Trinajstić information content (AvgIpc) is 2.57. The largest absolute Gasteiger partial charge is 0.493 e. The van der Waals surface area contributed by atoms with Crippen molar-refractivity contribution in [3.63, 3.8) is 0 Å². The van der Waals surface area contributed by atoms with Crippen LogP contribution in [-0.2, 0) is 11.2 Å². The van der Waals surface area contributed by atoms with Gasteiger partial charge in [0.05, 0.1) is 20.3 Å². The molecule has 0 unspecified atom stereocenters. The van der Waals surface area contributed by atoms with Crippen LogP contribution in [0.5, 0.6) is 11.5 Å². The Balaban J connectivity index is 2.29. The van der Waals surface area contributed by atoms with Gasteiger partial charge in [0.1, 0.15) is 0 Å². The summed E-state index contributed by atoms with van der Waals surface area (Å²) in [6, 6.07) is 4.23. The fourth-order valence-corrected chi connectivity index (χ4v) is 4.51. The summed E-state index contributed by atoms with van der Waals surface area (Å²) in [6.45, 7) is 14.1. The molecule has 0 bridgehead atoms. The molecule has 1 heterocycles. The number of rotatable bonds is 6. The van der Waals surface area contributed by atoms with Crippen LogP contribution in [0.4, 0.5) is 0 Å². The number of benzene rings is 1. The number of fused-ring (bicyclic) bond motifs is 1. The van der Waals surface area contributed by atoms with Crippen LogP contribution in [0.2, 0.25) is 0 Å². The molecular formula is C23H37NO3. The highest BCUT2D eigenvalue weighted by atomic mass is 16.5. The summed E-state index contributed by atoms with van der Waals surface area (Å²) in [4.78, 5) is 15.3. The van der Waals surface area contributed by atoms with E-state index in [1.807, 2.05) is 0 Å². The average molecular weight is 376 g/mol. The van der Waals surface area contributed by atoms with E-state index in [9.17, 15) is 4.79 Å². The summed E-state index contributed by atoms with van der Waals surface area (Å²) in [5.74, 6) is 2.49. The molecule has 2 rings (SSSR count). The van der Waals surface area contributed by atoms with Crippen LogP contribution >= 0.6 is 0 Å². The van der Waals surface area contributed by atoms with Gasteiger partial charge in [0.25, 0.3) is 0 Å². The highest BCUT2D eigenvalue weighted by molar-refractivity contribution is 5.77. The molecule has 0 spiro atoms. The van der Waals surface area contributed by atoms with Gasteiger partial charge >= 0.3 is 0 Å². The van der Waals surface area contributed by atoms with Gasteiger partial charge in [-0.3, -0.25) is 4.79 Å². The second kappa shape index (κ2) is 8.53. The molecule has 1 aliphatic rings. The number of ether oxygens (including phenoxy) is 2. The van der Waals surface area contributed by atoms with E-state index in [1.165, 1.54) is 11.1 Å². The van der Waals surface area contributed by atoms with E-state index in [-0.39, 0.29) is 17.4 Å². The van der Waals surface area contributed by atoms with Gasteiger partial charge in [-0.25, -0.2) is 0 Å². The minimum atomic E-state index is 0.0860. The predicted octanol–water partition coefficient (Wildman–Crippen LogP) is 5.25. The Morgan fingerprint density at radius 3 is 2.26 bits per heavy atom. The maximum atomic E-state index is 13.2. The number of hydrogen-bond donors (Lipinski definition) is 0. The van der Waals surface area contributed by atoms with Crippen molar-refractivity contribution in [2.75, 3.05) is 20.8 Å². The Morgan fingerprint density at radius 1 is 1.15 bits per heavy atom. The summed E-state index contributed by atoms with van der Waals surface area (Å²) in [7, 11) is 3.33. The maximum Gasteiger partial charge on any atom is 0.223 e. The van der Waals surface area contributed by atoms with Crippen molar-refractivity contribution >= 4 is 5.91 Å². The molecule has 27 heavy (non-hydrogen) atoms. The summed E-state index contributed by atoms with van der Waals surface area (Å²) in [5.41, 5.74) is 2.71. The summed E-state index contributed by atoms with van der Waals surface area (Å²) < 4.78 is 11.0. The van der Waals surface area contributed by atoms with Crippen LogP contribution in [0.3, 0.4) is 0 Å². The molecular weight excluding hydrogens is 338 g/mol. The van der Waals surface area contributed by atoms with Crippen LogP contribution in [0.25, 0.3) is 0 Å². The molecule has 2 atom stereocenters. The van der Waals surface area contributed by atoms with E-state index in [1.54, 1.807) is 14.2 Å². The number of carbonyl (C=O) groups excluding carboxylic acids is 1. The van der Waals surface area contributed by atoms with Crippen molar-refractivity contribution in [1.29, 1.82) is 0 Å². The molecule has 1 aromatic carbocycles. The fourth-order valence-electron chi connectivity index (χ4n) is 4.51.